The molecule has 3 atom stereocenters. The number of anilines is 1. The topological polar surface area (TPSA) is 55.8 Å². The number of fused-ring (bicyclic) bond motifs is 3. The molecular formula is C20H18BrNO4. The fraction of sp³-hybridized carbons (Fsp3) is 0.300. The number of hydrogen-bond acceptors (Lipinski definition) is 4. The molecule has 1 amide bonds. The number of halogens is 1. The van der Waals surface area contributed by atoms with Gasteiger partial charge in [-0.2, -0.15) is 0 Å². The van der Waals surface area contributed by atoms with E-state index >= 15 is 0 Å². The van der Waals surface area contributed by atoms with Gasteiger partial charge in [0, 0.05) is 22.4 Å². The van der Waals surface area contributed by atoms with Gasteiger partial charge in [-0.1, -0.05) is 46.3 Å². The lowest BCUT2D eigenvalue weighted by Gasteiger charge is -2.45. The second-order valence-corrected chi connectivity index (χ2v) is 7.41. The van der Waals surface area contributed by atoms with E-state index in [-0.39, 0.29) is 18.1 Å². The Morgan fingerprint density at radius 3 is 2.65 bits per heavy atom. The monoisotopic (exact) mass is 415 g/mol. The first-order valence-corrected chi connectivity index (χ1v) is 9.25. The molecular weight excluding hydrogens is 398 g/mol. The van der Waals surface area contributed by atoms with E-state index in [1.807, 2.05) is 48.5 Å². The van der Waals surface area contributed by atoms with E-state index in [9.17, 15) is 9.59 Å². The Kier molecular flexibility index (Phi) is 4.54. The van der Waals surface area contributed by atoms with Crippen molar-refractivity contribution < 1.29 is 19.1 Å². The minimum atomic E-state index is -0.882. The van der Waals surface area contributed by atoms with Crippen molar-refractivity contribution in [2.75, 3.05) is 12.0 Å². The number of rotatable bonds is 2. The predicted molar refractivity (Wildman–Crippen MR) is 99.5 cm³/mol. The minimum Gasteiger partial charge on any atom is -0.468 e. The van der Waals surface area contributed by atoms with Crippen LogP contribution in [0.4, 0.5) is 5.69 Å². The molecule has 0 N–H and O–H groups in total. The molecule has 0 aromatic heterocycles. The first-order valence-electron chi connectivity index (χ1n) is 8.46. The van der Waals surface area contributed by atoms with Crippen LogP contribution >= 0.6 is 15.9 Å². The summed E-state index contributed by atoms with van der Waals surface area (Å²) in [6.45, 7) is 0.459. The van der Waals surface area contributed by atoms with Gasteiger partial charge in [0.15, 0.2) is 0 Å². The molecule has 26 heavy (non-hydrogen) atoms. The van der Waals surface area contributed by atoms with Crippen LogP contribution < -0.4 is 4.90 Å². The van der Waals surface area contributed by atoms with E-state index in [2.05, 4.69) is 15.9 Å². The van der Waals surface area contributed by atoms with Crippen LogP contribution in [0.25, 0.3) is 0 Å². The maximum absolute atomic E-state index is 13.3. The van der Waals surface area contributed by atoms with Gasteiger partial charge < -0.3 is 9.47 Å². The molecule has 1 saturated heterocycles. The van der Waals surface area contributed by atoms with Crippen LogP contribution in [0.1, 0.15) is 23.5 Å². The summed E-state index contributed by atoms with van der Waals surface area (Å²) in [5, 5.41) is 0. The van der Waals surface area contributed by atoms with Crippen molar-refractivity contribution in [1.82, 2.24) is 0 Å². The number of ether oxygens (including phenoxy) is 2. The van der Waals surface area contributed by atoms with Crippen molar-refractivity contribution >= 4 is 33.5 Å². The quantitative estimate of drug-likeness (QED) is 0.555. The van der Waals surface area contributed by atoms with Crippen LogP contribution in [0, 0.1) is 5.92 Å². The van der Waals surface area contributed by atoms with Gasteiger partial charge in [-0.05, 0) is 23.8 Å². The van der Waals surface area contributed by atoms with Crippen molar-refractivity contribution in [3.63, 3.8) is 0 Å². The van der Waals surface area contributed by atoms with Crippen LogP contribution in [0.2, 0.25) is 0 Å². The molecule has 134 valence electrons. The number of para-hydroxylation sites is 1. The summed E-state index contributed by atoms with van der Waals surface area (Å²) in [4.78, 5) is 27.4. The summed E-state index contributed by atoms with van der Waals surface area (Å²) >= 11 is 3.42. The summed E-state index contributed by atoms with van der Waals surface area (Å²) in [5.74, 6) is -1.95. The minimum absolute atomic E-state index is 0.270. The Morgan fingerprint density at radius 2 is 1.92 bits per heavy atom. The maximum Gasteiger partial charge on any atom is 0.318 e. The Labute approximate surface area is 160 Å². The first kappa shape index (κ1) is 17.2. The van der Waals surface area contributed by atoms with Crippen molar-refractivity contribution in [3.05, 3.63) is 64.1 Å². The average Bonchev–Trinajstić information content (AvgIpc) is 2.67. The molecule has 0 bridgehead atoms. The highest BCUT2D eigenvalue weighted by Gasteiger charge is 2.49. The number of piperidine rings is 1. The lowest BCUT2D eigenvalue weighted by atomic mass is 9.78. The van der Waals surface area contributed by atoms with Gasteiger partial charge in [-0.25, -0.2) is 0 Å². The molecule has 4 rings (SSSR count). The molecule has 0 saturated carbocycles. The van der Waals surface area contributed by atoms with Gasteiger partial charge in [0.1, 0.15) is 12.1 Å². The van der Waals surface area contributed by atoms with Crippen molar-refractivity contribution in [2.24, 2.45) is 5.92 Å². The standard InChI is InChI=1S/C20H18BrNO4/c1-25-20(24)18-15(12-6-8-14(21)9-7-12)10-17-22(19(18)23)16-5-3-2-4-13(16)11-26-17/h2-9,15,17-18H,10-11H2,1H3/t15-,17+,18-/m1/s1. The van der Waals surface area contributed by atoms with Gasteiger partial charge in [0.05, 0.1) is 19.4 Å². The number of amides is 1. The predicted octanol–water partition coefficient (Wildman–Crippen LogP) is 3.62. The zero-order chi connectivity index (χ0) is 18.3. The second kappa shape index (κ2) is 6.85. The highest BCUT2D eigenvalue weighted by atomic mass is 79.9. The zero-order valence-corrected chi connectivity index (χ0v) is 15.8. The van der Waals surface area contributed by atoms with E-state index in [4.69, 9.17) is 9.47 Å². The average molecular weight is 416 g/mol. The Hall–Kier alpha value is -2.18. The van der Waals surface area contributed by atoms with Crippen molar-refractivity contribution in [1.29, 1.82) is 0 Å². The Morgan fingerprint density at radius 1 is 1.19 bits per heavy atom. The lowest BCUT2D eigenvalue weighted by Crippen LogP contribution is -2.56. The Balaban J connectivity index is 1.76. The molecule has 5 nitrogen and oxygen atoms in total. The molecule has 2 heterocycles. The van der Waals surface area contributed by atoms with Crippen LogP contribution in [-0.4, -0.2) is 25.2 Å². The van der Waals surface area contributed by atoms with Gasteiger partial charge in [-0.15, -0.1) is 0 Å². The second-order valence-electron chi connectivity index (χ2n) is 6.50. The van der Waals surface area contributed by atoms with Crippen LogP contribution in [0.3, 0.4) is 0 Å². The number of nitrogens with zero attached hydrogens (tertiary/aromatic N) is 1. The van der Waals surface area contributed by atoms with Gasteiger partial charge in [0.25, 0.3) is 0 Å². The van der Waals surface area contributed by atoms with E-state index in [0.29, 0.717) is 13.0 Å². The smallest absolute Gasteiger partial charge is 0.318 e. The highest BCUT2D eigenvalue weighted by molar-refractivity contribution is 9.10. The number of carbonyl (C=O) groups is 2. The van der Waals surface area contributed by atoms with Gasteiger partial charge in [-0.3, -0.25) is 14.5 Å². The normalized spacial score (nSPS) is 24.6. The van der Waals surface area contributed by atoms with Crippen molar-refractivity contribution in [2.45, 2.75) is 25.2 Å². The van der Waals surface area contributed by atoms with Crippen LogP contribution in [-0.2, 0) is 25.7 Å². The third-order valence-electron chi connectivity index (χ3n) is 5.09. The fourth-order valence-electron chi connectivity index (χ4n) is 3.82. The fourth-order valence-corrected chi connectivity index (χ4v) is 4.09. The van der Waals surface area contributed by atoms with E-state index < -0.39 is 11.9 Å². The Bertz CT molecular complexity index is 851. The summed E-state index contributed by atoms with van der Waals surface area (Å²) in [7, 11) is 1.32. The summed E-state index contributed by atoms with van der Waals surface area (Å²) in [6.07, 6.45) is 0.161. The molecule has 2 aromatic rings. The molecule has 1 fully saturated rings. The zero-order valence-electron chi connectivity index (χ0n) is 14.2. The third kappa shape index (κ3) is 2.83. The van der Waals surface area contributed by atoms with Gasteiger partial charge in [0.2, 0.25) is 5.91 Å². The van der Waals surface area contributed by atoms with Crippen LogP contribution in [0.5, 0.6) is 0 Å². The number of carbonyl (C=O) groups excluding carboxylic acids is 2. The molecule has 0 radical (unpaired) electrons. The number of benzene rings is 2. The molecule has 6 heteroatoms. The molecule has 0 spiro atoms. The summed E-state index contributed by atoms with van der Waals surface area (Å²) in [6, 6.07) is 15.3. The summed E-state index contributed by atoms with van der Waals surface area (Å²) < 4.78 is 11.9. The van der Waals surface area contributed by atoms with Gasteiger partial charge >= 0.3 is 5.97 Å². The van der Waals surface area contributed by atoms with E-state index in [1.54, 1.807) is 4.90 Å². The molecule has 2 aliphatic heterocycles. The maximum atomic E-state index is 13.3. The molecule has 0 aliphatic carbocycles. The number of methoxy groups -OCH3 is 1. The van der Waals surface area contributed by atoms with E-state index in [1.165, 1.54) is 7.11 Å². The highest BCUT2D eigenvalue weighted by Crippen LogP contribution is 2.43. The number of hydrogen-bond donors (Lipinski definition) is 0. The third-order valence-corrected chi connectivity index (χ3v) is 5.61. The largest absolute Gasteiger partial charge is 0.468 e. The summed E-state index contributed by atoms with van der Waals surface area (Å²) in [5.41, 5.74) is 2.69. The SMILES string of the molecule is COC(=O)[C@H]1C(=O)N2c3ccccc3CO[C@H]2C[C@@H]1c1ccc(Br)cc1. The lowest BCUT2D eigenvalue weighted by molar-refractivity contribution is -0.154. The first-order chi connectivity index (χ1) is 12.6. The van der Waals surface area contributed by atoms with Crippen molar-refractivity contribution in [3.8, 4) is 0 Å². The van der Waals surface area contributed by atoms with Crippen LogP contribution in [0.15, 0.2) is 53.0 Å². The van der Waals surface area contributed by atoms with E-state index in [0.717, 1.165) is 21.3 Å². The number of esters is 1. The molecule has 2 aliphatic rings. The molecule has 2 aromatic carbocycles. The molecule has 0 unspecified atom stereocenters.